The van der Waals surface area contributed by atoms with E-state index in [4.69, 9.17) is 5.73 Å². The van der Waals surface area contributed by atoms with Gasteiger partial charge < -0.3 is 11.1 Å². The summed E-state index contributed by atoms with van der Waals surface area (Å²) in [7, 11) is 0. The molecule has 0 bridgehead atoms. The highest BCUT2D eigenvalue weighted by molar-refractivity contribution is 7.13. The molecule has 4 nitrogen and oxygen atoms in total. The molecule has 0 spiro atoms. The molecule has 17 heavy (non-hydrogen) atoms. The number of aromatic nitrogens is 1. The van der Waals surface area contributed by atoms with Crippen LogP contribution in [0.5, 0.6) is 0 Å². The van der Waals surface area contributed by atoms with Crippen LogP contribution in [-0.4, -0.2) is 22.6 Å². The minimum Gasteiger partial charge on any atom is -0.375 e. The molecule has 1 heterocycles. The highest BCUT2D eigenvalue weighted by Crippen LogP contribution is 2.48. The third-order valence-corrected chi connectivity index (χ3v) is 3.31. The van der Waals surface area contributed by atoms with E-state index in [1.54, 1.807) is 5.38 Å². The summed E-state index contributed by atoms with van der Waals surface area (Å²) in [4.78, 5) is 15.3. The van der Waals surface area contributed by atoms with Crippen LogP contribution in [0.25, 0.3) is 0 Å². The fraction of sp³-hybridized carbons (Fsp3) is 0.556. The monoisotopic (exact) mass is 265 g/mol. The van der Waals surface area contributed by atoms with Gasteiger partial charge in [-0.15, -0.1) is 11.3 Å². The van der Waals surface area contributed by atoms with Crippen LogP contribution in [0.3, 0.4) is 0 Å². The number of carbonyl (C=O) groups excluding carboxylic acids is 1. The fourth-order valence-electron chi connectivity index (χ4n) is 1.48. The average Bonchev–Trinajstić information content (AvgIpc) is 2.85. The molecule has 1 aliphatic rings. The van der Waals surface area contributed by atoms with Gasteiger partial charge in [0, 0.05) is 5.38 Å². The van der Waals surface area contributed by atoms with Crippen molar-refractivity contribution in [1.82, 2.24) is 10.3 Å². The lowest BCUT2D eigenvalue weighted by Gasteiger charge is -2.20. The van der Waals surface area contributed by atoms with Crippen molar-refractivity contribution in [3.63, 3.8) is 0 Å². The van der Waals surface area contributed by atoms with Crippen molar-refractivity contribution in [3.05, 3.63) is 11.1 Å². The maximum absolute atomic E-state index is 12.6. The van der Waals surface area contributed by atoms with Gasteiger partial charge in [0.1, 0.15) is 5.54 Å². The van der Waals surface area contributed by atoms with E-state index < -0.39 is 17.6 Å². The second-order valence-electron chi connectivity index (χ2n) is 3.98. The van der Waals surface area contributed by atoms with E-state index in [9.17, 15) is 18.0 Å². The summed E-state index contributed by atoms with van der Waals surface area (Å²) in [6.45, 7) is 0. The van der Waals surface area contributed by atoms with Crippen LogP contribution in [0.2, 0.25) is 0 Å². The van der Waals surface area contributed by atoms with E-state index in [2.05, 4.69) is 4.98 Å². The Kier molecular flexibility index (Phi) is 2.76. The fourth-order valence-corrected chi connectivity index (χ4v) is 2.05. The Hall–Kier alpha value is -1.31. The molecule has 0 atom stereocenters. The number of hydrogen-bond acceptors (Lipinski definition) is 4. The van der Waals surface area contributed by atoms with Gasteiger partial charge in [-0.25, -0.2) is 4.98 Å². The summed E-state index contributed by atoms with van der Waals surface area (Å²) in [5.41, 5.74) is 3.74. The van der Waals surface area contributed by atoms with E-state index in [1.807, 2.05) is 5.32 Å². The summed E-state index contributed by atoms with van der Waals surface area (Å²) < 4.78 is 37.7. The minimum absolute atomic E-state index is 0.0541. The Morgan fingerprint density at radius 3 is 2.65 bits per heavy atom. The smallest absolute Gasteiger partial charge is 0.375 e. The first-order valence-corrected chi connectivity index (χ1v) is 5.78. The number of nitrogens with zero attached hydrogens (tertiary/aromatic N) is 1. The van der Waals surface area contributed by atoms with Crippen molar-refractivity contribution in [3.8, 4) is 0 Å². The molecule has 1 aromatic rings. The maximum atomic E-state index is 12.6. The van der Waals surface area contributed by atoms with Crippen molar-refractivity contribution in [2.45, 2.75) is 31.0 Å². The first kappa shape index (κ1) is 12.2. The maximum Gasteiger partial charge on any atom is 0.411 e. The topological polar surface area (TPSA) is 68.0 Å². The number of nitrogens with two attached hydrogens (primary N) is 1. The van der Waals surface area contributed by atoms with Crippen molar-refractivity contribution in [2.75, 3.05) is 5.73 Å². The Morgan fingerprint density at radius 1 is 1.59 bits per heavy atom. The van der Waals surface area contributed by atoms with Gasteiger partial charge in [0.05, 0.1) is 12.1 Å². The number of rotatable bonds is 3. The van der Waals surface area contributed by atoms with Crippen molar-refractivity contribution >= 4 is 22.4 Å². The van der Waals surface area contributed by atoms with E-state index in [-0.39, 0.29) is 19.3 Å². The average molecular weight is 265 g/mol. The molecule has 0 aromatic carbocycles. The summed E-state index contributed by atoms with van der Waals surface area (Å²) in [6, 6.07) is 0. The molecular formula is C9H10F3N3OS. The normalized spacial score (nSPS) is 17.8. The third kappa shape index (κ3) is 2.51. The SMILES string of the molecule is Nc1nc(CC(=O)NC2(C(F)(F)F)CC2)cs1. The van der Waals surface area contributed by atoms with Crippen LogP contribution in [0.15, 0.2) is 5.38 Å². The molecule has 0 saturated heterocycles. The number of hydrogen-bond donors (Lipinski definition) is 2. The molecule has 3 N–H and O–H groups in total. The van der Waals surface area contributed by atoms with Gasteiger partial charge >= 0.3 is 6.18 Å². The van der Waals surface area contributed by atoms with Crippen LogP contribution >= 0.6 is 11.3 Å². The van der Waals surface area contributed by atoms with E-state index in [0.29, 0.717) is 10.8 Å². The molecule has 1 amide bonds. The van der Waals surface area contributed by atoms with Gasteiger partial charge in [-0.1, -0.05) is 0 Å². The molecule has 8 heteroatoms. The molecule has 1 saturated carbocycles. The second-order valence-corrected chi connectivity index (χ2v) is 4.87. The predicted octanol–water partition coefficient (Wildman–Crippen LogP) is 1.48. The predicted molar refractivity (Wildman–Crippen MR) is 56.4 cm³/mol. The second kappa shape index (κ2) is 3.86. The molecule has 2 rings (SSSR count). The highest BCUT2D eigenvalue weighted by atomic mass is 32.1. The molecule has 1 aliphatic carbocycles. The van der Waals surface area contributed by atoms with E-state index in [0.717, 1.165) is 11.3 Å². The zero-order valence-corrected chi connectivity index (χ0v) is 9.49. The third-order valence-electron chi connectivity index (χ3n) is 2.58. The van der Waals surface area contributed by atoms with E-state index in [1.165, 1.54) is 0 Å². The molecule has 0 unspecified atom stereocenters. The van der Waals surface area contributed by atoms with Crippen molar-refractivity contribution in [1.29, 1.82) is 0 Å². The zero-order chi connectivity index (χ0) is 12.7. The molecule has 1 aromatic heterocycles. The van der Waals surface area contributed by atoms with Crippen LogP contribution in [-0.2, 0) is 11.2 Å². The quantitative estimate of drug-likeness (QED) is 0.869. The number of nitrogens with one attached hydrogen (secondary N) is 1. The first-order chi connectivity index (χ1) is 7.82. The van der Waals surface area contributed by atoms with Gasteiger partial charge in [0.2, 0.25) is 5.91 Å². The van der Waals surface area contributed by atoms with Gasteiger partial charge in [-0.2, -0.15) is 13.2 Å². The number of thiazole rings is 1. The van der Waals surface area contributed by atoms with Crippen LogP contribution in [0.4, 0.5) is 18.3 Å². The lowest BCUT2D eigenvalue weighted by atomic mass is 10.2. The number of anilines is 1. The number of alkyl halides is 3. The van der Waals surface area contributed by atoms with Gasteiger partial charge in [0.15, 0.2) is 5.13 Å². The van der Waals surface area contributed by atoms with Crippen molar-refractivity contribution < 1.29 is 18.0 Å². The zero-order valence-electron chi connectivity index (χ0n) is 8.67. The van der Waals surface area contributed by atoms with Crippen LogP contribution < -0.4 is 11.1 Å². The van der Waals surface area contributed by atoms with Gasteiger partial charge in [-0.3, -0.25) is 4.79 Å². The van der Waals surface area contributed by atoms with Gasteiger partial charge in [-0.05, 0) is 12.8 Å². The number of carbonyl (C=O) groups is 1. The summed E-state index contributed by atoms with van der Waals surface area (Å²) in [5, 5.41) is 3.88. The minimum atomic E-state index is -4.39. The van der Waals surface area contributed by atoms with Crippen LogP contribution in [0.1, 0.15) is 18.5 Å². The van der Waals surface area contributed by atoms with Gasteiger partial charge in [0.25, 0.3) is 0 Å². The molecule has 0 radical (unpaired) electrons. The number of amides is 1. The summed E-state index contributed by atoms with van der Waals surface area (Å²) >= 11 is 1.15. The summed E-state index contributed by atoms with van der Waals surface area (Å²) in [5.74, 6) is -0.676. The lowest BCUT2D eigenvalue weighted by molar-refractivity contribution is -0.170. The number of nitrogen functional groups attached to an aromatic ring is 1. The first-order valence-electron chi connectivity index (χ1n) is 4.90. The Labute approximate surface area is 99.0 Å². The largest absolute Gasteiger partial charge is 0.411 e. The Bertz CT molecular complexity index is 439. The standard InChI is InChI=1S/C9H10F3N3OS/c10-9(11,12)8(1-2-8)15-6(16)3-5-4-17-7(13)14-5/h4H,1-3H2,(H2,13,14)(H,15,16). The highest BCUT2D eigenvalue weighted by Gasteiger charge is 2.64. The van der Waals surface area contributed by atoms with E-state index >= 15 is 0 Å². The molecule has 94 valence electrons. The lowest BCUT2D eigenvalue weighted by Crippen LogP contribution is -2.48. The molecule has 1 fully saturated rings. The molecule has 0 aliphatic heterocycles. The Balaban J connectivity index is 1.95. The Morgan fingerprint density at radius 2 is 2.24 bits per heavy atom. The number of halogens is 3. The van der Waals surface area contributed by atoms with Crippen molar-refractivity contribution in [2.24, 2.45) is 0 Å². The van der Waals surface area contributed by atoms with Crippen LogP contribution in [0, 0.1) is 0 Å². The summed E-state index contributed by atoms with van der Waals surface area (Å²) in [6.07, 6.45) is -4.67. The molecular weight excluding hydrogens is 255 g/mol.